The molecule has 2 aliphatic rings. The first kappa shape index (κ1) is 17.7. The van der Waals surface area contributed by atoms with Crippen molar-refractivity contribution in [2.75, 3.05) is 19.6 Å². The number of rotatable bonds is 3. The van der Waals surface area contributed by atoms with E-state index < -0.39 is 11.3 Å². The Kier molecular flexibility index (Phi) is 4.76. The molecule has 130 valence electrons. The van der Waals surface area contributed by atoms with Crippen molar-refractivity contribution in [1.29, 1.82) is 15.8 Å². The van der Waals surface area contributed by atoms with E-state index in [4.69, 9.17) is 5.73 Å². The lowest BCUT2D eigenvalue weighted by Gasteiger charge is -2.44. The van der Waals surface area contributed by atoms with Gasteiger partial charge >= 0.3 is 0 Å². The number of nitrogens with two attached hydrogens (primary N) is 1. The van der Waals surface area contributed by atoms with E-state index in [-0.39, 0.29) is 11.6 Å². The summed E-state index contributed by atoms with van der Waals surface area (Å²) in [4.78, 5) is 5.57. The predicted molar refractivity (Wildman–Crippen MR) is 94.9 cm³/mol. The average molecular weight is 345 g/mol. The van der Waals surface area contributed by atoms with E-state index in [0.717, 1.165) is 37.2 Å². The molecular formula is C20H21N6+. The summed E-state index contributed by atoms with van der Waals surface area (Å²) >= 11 is 0. The molecule has 1 aliphatic carbocycles. The van der Waals surface area contributed by atoms with Crippen LogP contribution in [0.25, 0.3) is 0 Å². The summed E-state index contributed by atoms with van der Waals surface area (Å²) in [5.74, 6) is -0.558. The summed E-state index contributed by atoms with van der Waals surface area (Å²) in [5.41, 5.74) is 6.75. The van der Waals surface area contributed by atoms with Crippen LogP contribution in [0.1, 0.15) is 24.8 Å². The quantitative estimate of drug-likeness (QED) is 0.841. The number of hydrogen-bond donors (Lipinski definition) is 2. The normalized spacial score (nSPS) is 26.7. The van der Waals surface area contributed by atoms with Gasteiger partial charge in [0.2, 0.25) is 0 Å². The number of nitrogens with zero attached hydrogens (tertiary/aromatic N) is 4. The van der Waals surface area contributed by atoms with Crippen LogP contribution in [0.3, 0.4) is 0 Å². The fourth-order valence-electron chi connectivity index (χ4n) is 4.33. The Bertz CT molecular complexity index is 864. The summed E-state index contributed by atoms with van der Waals surface area (Å²) in [7, 11) is 0. The zero-order valence-electron chi connectivity index (χ0n) is 14.7. The Balaban J connectivity index is 2.26. The molecule has 2 heterocycles. The number of quaternary nitrogens is 1. The number of nitriles is 3. The van der Waals surface area contributed by atoms with Crippen LogP contribution in [0.5, 0.6) is 0 Å². The summed E-state index contributed by atoms with van der Waals surface area (Å²) in [6, 6.07) is 10.1. The molecule has 3 N–H and O–H groups in total. The number of aromatic nitrogens is 1. The second-order valence-electron chi connectivity index (χ2n) is 6.87. The summed E-state index contributed by atoms with van der Waals surface area (Å²) in [5, 5.41) is 29.6. The van der Waals surface area contributed by atoms with E-state index >= 15 is 0 Å². The zero-order valence-corrected chi connectivity index (χ0v) is 14.7. The van der Waals surface area contributed by atoms with Gasteiger partial charge in [-0.3, -0.25) is 4.98 Å². The Morgan fingerprint density at radius 1 is 1.35 bits per heavy atom. The molecule has 0 fully saturated rings. The Labute approximate surface area is 153 Å². The number of fused-ring (bicyclic) bond motifs is 1. The van der Waals surface area contributed by atoms with Crippen LogP contribution in [-0.2, 0) is 0 Å². The minimum Gasteiger partial charge on any atom is -0.399 e. The zero-order chi connectivity index (χ0) is 18.7. The molecule has 0 saturated heterocycles. The third kappa shape index (κ3) is 2.54. The molecule has 0 bridgehead atoms. The van der Waals surface area contributed by atoms with E-state index in [9.17, 15) is 15.8 Å². The van der Waals surface area contributed by atoms with E-state index in [0.29, 0.717) is 5.57 Å². The number of hydrogen-bond acceptors (Lipinski definition) is 5. The topological polar surface area (TPSA) is 115 Å². The smallest absolute Gasteiger partial charge is 0.191 e. The van der Waals surface area contributed by atoms with Crippen molar-refractivity contribution < 1.29 is 4.90 Å². The predicted octanol–water partition coefficient (Wildman–Crippen LogP) is 0.800. The minimum atomic E-state index is -1.56. The van der Waals surface area contributed by atoms with Gasteiger partial charge in [-0.15, -0.1) is 0 Å². The molecule has 6 nitrogen and oxygen atoms in total. The van der Waals surface area contributed by atoms with Gasteiger partial charge in [0.1, 0.15) is 6.07 Å². The van der Waals surface area contributed by atoms with Crippen molar-refractivity contribution in [1.82, 2.24) is 4.98 Å². The maximum Gasteiger partial charge on any atom is 0.191 e. The van der Waals surface area contributed by atoms with Gasteiger partial charge in [0.25, 0.3) is 0 Å². The van der Waals surface area contributed by atoms with Crippen LogP contribution in [0.4, 0.5) is 0 Å². The molecule has 0 radical (unpaired) electrons. The molecule has 0 amide bonds. The Morgan fingerprint density at radius 2 is 2.12 bits per heavy atom. The molecule has 3 atom stereocenters. The molecule has 1 aromatic rings. The highest BCUT2D eigenvalue weighted by Gasteiger charge is 2.55. The first-order chi connectivity index (χ1) is 12.6. The summed E-state index contributed by atoms with van der Waals surface area (Å²) in [6.45, 7) is 4.74. The van der Waals surface area contributed by atoms with Crippen molar-refractivity contribution in [3.63, 3.8) is 0 Å². The van der Waals surface area contributed by atoms with Gasteiger partial charge in [-0.25, -0.2) is 0 Å². The third-order valence-corrected chi connectivity index (χ3v) is 5.48. The fraction of sp³-hybridized carbons (Fsp3) is 0.400. The molecule has 0 saturated carbocycles. The highest BCUT2D eigenvalue weighted by molar-refractivity contribution is 5.58. The largest absolute Gasteiger partial charge is 0.399 e. The van der Waals surface area contributed by atoms with Crippen LogP contribution < -0.4 is 10.6 Å². The number of nitrogens with one attached hydrogen (secondary N) is 1. The van der Waals surface area contributed by atoms with Crippen LogP contribution >= 0.6 is 0 Å². The molecule has 3 rings (SSSR count). The molecule has 6 heteroatoms. The molecule has 1 aliphatic heterocycles. The molecule has 26 heavy (non-hydrogen) atoms. The van der Waals surface area contributed by atoms with E-state index in [1.807, 2.05) is 6.07 Å². The highest BCUT2D eigenvalue weighted by atomic mass is 15.1. The Morgan fingerprint density at radius 3 is 2.69 bits per heavy atom. The van der Waals surface area contributed by atoms with Gasteiger partial charge in [-0.1, -0.05) is 13.0 Å². The monoisotopic (exact) mass is 345 g/mol. The lowest BCUT2D eigenvalue weighted by molar-refractivity contribution is -0.899. The van der Waals surface area contributed by atoms with Crippen LogP contribution in [0, 0.1) is 45.3 Å². The van der Waals surface area contributed by atoms with Crippen molar-refractivity contribution >= 4 is 0 Å². The van der Waals surface area contributed by atoms with Crippen molar-refractivity contribution in [3.05, 3.63) is 53.0 Å². The second kappa shape index (κ2) is 7.00. The standard InChI is InChI=1S/C20H20N6/c1-2-7-26-8-5-15-16(9-21)19(24)20(12-22,13-23)18(17(15)11-26)14-4-3-6-25-10-14/h3-6,10,17-18H,2,7-8,11,24H2,1H3/p+1. The summed E-state index contributed by atoms with van der Waals surface area (Å²) in [6.07, 6.45) is 6.48. The van der Waals surface area contributed by atoms with E-state index in [1.165, 1.54) is 4.90 Å². The van der Waals surface area contributed by atoms with Gasteiger partial charge in [0.05, 0.1) is 43.0 Å². The molecule has 3 unspecified atom stereocenters. The van der Waals surface area contributed by atoms with Gasteiger partial charge in [0.15, 0.2) is 5.41 Å². The highest BCUT2D eigenvalue weighted by Crippen LogP contribution is 2.52. The maximum atomic E-state index is 9.97. The van der Waals surface area contributed by atoms with E-state index in [1.54, 1.807) is 18.5 Å². The Hall–Kier alpha value is -3.14. The second-order valence-corrected chi connectivity index (χ2v) is 6.87. The lowest BCUT2D eigenvalue weighted by atomic mass is 9.58. The van der Waals surface area contributed by atoms with Gasteiger partial charge in [-0.2, -0.15) is 15.8 Å². The van der Waals surface area contributed by atoms with E-state index in [2.05, 4.69) is 36.2 Å². The number of allylic oxidation sites excluding steroid dienone is 2. The van der Waals surface area contributed by atoms with Crippen molar-refractivity contribution in [2.24, 2.45) is 17.1 Å². The van der Waals surface area contributed by atoms with Crippen molar-refractivity contribution in [3.8, 4) is 18.2 Å². The first-order valence-electron chi connectivity index (χ1n) is 8.79. The van der Waals surface area contributed by atoms with Gasteiger partial charge in [-0.05, 0) is 29.7 Å². The SMILES string of the molecule is CCC[NH+]1CC=C2C(C#N)=C(N)C(C#N)(C#N)C(c3cccnc3)C2C1. The van der Waals surface area contributed by atoms with Crippen LogP contribution in [0.15, 0.2) is 47.4 Å². The van der Waals surface area contributed by atoms with Gasteiger partial charge < -0.3 is 10.6 Å². The molecular weight excluding hydrogens is 324 g/mol. The molecule has 0 spiro atoms. The molecule has 0 aromatic carbocycles. The first-order valence-corrected chi connectivity index (χ1v) is 8.79. The third-order valence-electron chi connectivity index (χ3n) is 5.48. The molecule has 1 aromatic heterocycles. The van der Waals surface area contributed by atoms with Gasteiger partial charge in [0, 0.05) is 24.2 Å². The fourth-order valence-corrected chi connectivity index (χ4v) is 4.33. The van der Waals surface area contributed by atoms with Crippen LogP contribution in [0.2, 0.25) is 0 Å². The minimum absolute atomic E-state index is 0.0697. The van der Waals surface area contributed by atoms with Crippen molar-refractivity contribution in [2.45, 2.75) is 19.3 Å². The maximum absolute atomic E-state index is 9.97. The van der Waals surface area contributed by atoms with Crippen LogP contribution in [-0.4, -0.2) is 24.6 Å². The number of pyridine rings is 1. The summed E-state index contributed by atoms with van der Waals surface area (Å²) < 4.78 is 0. The lowest BCUT2D eigenvalue weighted by Crippen LogP contribution is -3.13. The average Bonchev–Trinajstić information content (AvgIpc) is 2.68.